The molecule has 0 saturated heterocycles. The molecule has 1 aliphatic carbocycles. The topological polar surface area (TPSA) is 81.7 Å². The highest BCUT2D eigenvalue weighted by Gasteiger charge is 2.23. The molecule has 0 bridgehead atoms. The third-order valence-electron chi connectivity index (χ3n) is 3.81. The lowest BCUT2D eigenvalue weighted by molar-refractivity contribution is -0.127. The van der Waals surface area contributed by atoms with E-state index >= 15 is 0 Å². The summed E-state index contributed by atoms with van der Waals surface area (Å²) in [5.74, 6) is -1.42. The molecule has 0 aliphatic heterocycles. The summed E-state index contributed by atoms with van der Waals surface area (Å²) in [6, 6.07) is 6.00. The van der Waals surface area contributed by atoms with Crippen molar-refractivity contribution in [1.29, 1.82) is 0 Å². The Morgan fingerprint density at radius 3 is 2.36 bits per heavy atom. The predicted octanol–water partition coefficient (Wildman–Crippen LogP) is 3.06. The molecule has 0 unspecified atom stereocenters. The van der Waals surface area contributed by atoms with Crippen molar-refractivity contribution < 1.29 is 26.6 Å². The Bertz CT molecular complexity index is 797. The predicted molar refractivity (Wildman–Crippen MR) is 89.3 cm³/mol. The highest BCUT2D eigenvalue weighted by molar-refractivity contribution is 7.86. The number of nitrogens with one attached hydrogen (secondary N) is 1. The van der Waals surface area contributed by atoms with Crippen LogP contribution in [0.5, 0.6) is 0 Å². The zero-order valence-corrected chi connectivity index (χ0v) is 14.9. The van der Waals surface area contributed by atoms with Crippen molar-refractivity contribution in [3.63, 3.8) is 0 Å². The summed E-state index contributed by atoms with van der Waals surface area (Å²) in [5, 5.41) is 0. The Morgan fingerprint density at radius 2 is 1.76 bits per heavy atom. The molecular formula is C17H20FNO5S. The van der Waals surface area contributed by atoms with Gasteiger partial charge in [0.2, 0.25) is 0 Å². The van der Waals surface area contributed by atoms with Gasteiger partial charge in [-0.2, -0.15) is 8.42 Å². The van der Waals surface area contributed by atoms with Gasteiger partial charge in [0.25, 0.3) is 5.91 Å². The Balaban J connectivity index is 2.24. The minimum Gasteiger partial charge on any atom is -0.384 e. The molecule has 1 amide bonds. The van der Waals surface area contributed by atoms with Crippen LogP contribution in [0.15, 0.2) is 52.4 Å². The van der Waals surface area contributed by atoms with E-state index in [-0.39, 0.29) is 16.0 Å². The van der Waals surface area contributed by atoms with Crippen LogP contribution >= 0.6 is 0 Å². The Labute approximate surface area is 146 Å². The molecule has 0 radical (unpaired) electrons. The third-order valence-corrected chi connectivity index (χ3v) is 5.01. The standard InChI is InChI=1S/C17H20FNO5S/c1-12-7-9-13(10-8-12)25(21,22)24-11-16(18)14-5-3-4-6-15(14)17(20)19-23-2/h7-11H,3-6H2,1-2H3,(H,19,20). The van der Waals surface area contributed by atoms with Crippen LogP contribution in [0.25, 0.3) is 0 Å². The highest BCUT2D eigenvalue weighted by Crippen LogP contribution is 2.31. The normalized spacial score (nSPS) is 15.9. The SMILES string of the molecule is CONC(=O)C1=C(C(F)=COS(=O)(=O)c2ccc(C)cc2)CCCC1. The van der Waals surface area contributed by atoms with Crippen LogP contribution in [-0.2, 0) is 23.9 Å². The molecule has 136 valence electrons. The van der Waals surface area contributed by atoms with Crippen molar-refractivity contribution in [3.8, 4) is 0 Å². The number of allylic oxidation sites excluding steroid dienone is 2. The van der Waals surface area contributed by atoms with Crippen LogP contribution < -0.4 is 5.48 Å². The lowest BCUT2D eigenvalue weighted by atomic mass is 9.90. The molecule has 0 saturated carbocycles. The molecule has 25 heavy (non-hydrogen) atoms. The first-order chi connectivity index (χ1) is 11.8. The Hall–Kier alpha value is -2.19. The van der Waals surface area contributed by atoms with Gasteiger partial charge in [-0.1, -0.05) is 17.7 Å². The van der Waals surface area contributed by atoms with Gasteiger partial charge >= 0.3 is 10.1 Å². The summed E-state index contributed by atoms with van der Waals surface area (Å²) >= 11 is 0. The maximum atomic E-state index is 14.4. The number of benzene rings is 1. The van der Waals surface area contributed by atoms with Crippen molar-refractivity contribution in [2.45, 2.75) is 37.5 Å². The molecule has 8 heteroatoms. The first kappa shape index (κ1) is 19.1. The van der Waals surface area contributed by atoms with E-state index in [4.69, 9.17) is 4.18 Å². The summed E-state index contributed by atoms with van der Waals surface area (Å²) < 4.78 is 43.3. The monoisotopic (exact) mass is 369 g/mol. The van der Waals surface area contributed by atoms with Gasteiger partial charge in [-0.05, 0) is 50.3 Å². The number of hydroxylamine groups is 1. The fourth-order valence-electron chi connectivity index (χ4n) is 2.51. The molecule has 6 nitrogen and oxygen atoms in total. The number of hydrogen-bond acceptors (Lipinski definition) is 5. The Morgan fingerprint density at radius 1 is 1.16 bits per heavy atom. The lowest BCUT2D eigenvalue weighted by Gasteiger charge is -2.18. The van der Waals surface area contributed by atoms with Gasteiger partial charge in [0.15, 0.2) is 5.83 Å². The second kappa shape index (κ2) is 8.26. The summed E-state index contributed by atoms with van der Waals surface area (Å²) in [5.41, 5.74) is 3.42. The van der Waals surface area contributed by atoms with E-state index in [1.165, 1.54) is 19.2 Å². The largest absolute Gasteiger partial charge is 0.384 e. The van der Waals surface area contributed by atoms with Crippen molar-refractivity contribution in [1.82, 2.24) is 5.48 Å². The molecule has 1 N–H and O–H groups in total. The van der Waals surface area contributed by atoms with Gasteiger partial charge < -0.3 is 4.18 Å². The van der Waals surface area contributed by atoms with Crippen LogP contribution in [0, 0.1) is 6.92 Å². The second-order valence-electron chi connectivity index (χ2n) is 5.63. The maximum absolute atomic E-state index is 14.4. The summed E-state index contributed by atoms with van der Waals surface area (Å²) in [7, 11) is -2.84. The fraction of sp³-hybridized carbons (Fsp3) is 0.353. The van der Waals surface area contributed by atoms with Crippen LogP contribution in [0.4, 0.5) is 4.39 Å². The number of aryl methyl sites for hydroxylation is 1. The van der Waals surface area contributed by atoms with Crippen LogP contribution in [0.1, 0.15) is 31.2 Å². The lowest BCUT2D eigenvalue weighted by Crippen LogP contribution is -2.26. The smallest absolute Gasteiger partial charge is 0.338 e. The molecule has 0 spiro atoms. The van der Waals surface area contributed by atoms with Crippen molar-refractivity contribution in [3.05, 3.63) is 53.1 Å². The minimum absolute atomic E-state index is 0.0721. The van der Waals surface area contributed by atoms with Gasteiger partial charge in [-0.15, -0.1) is 0 Å². The zero-order chi connectivity index (χ0) is 18.4. The zero-order valence-electron chi connectivity index (χ0n) is 14.0. The number of carbonyl (C=O) groups is 1. The van der Waals surface area contributed by atoms with E-state index < -0.39 is 21.9 Å². The molecule has 0 atom stereocenters. The number of amides is 1. The van der Waals surface area contributed by atoms with E-state index in [0.717, 1.165) is 12.0 Å². The van der Waals surface area contributed by atoms with E-state index in [2.05, 4.69) is 10.3 Å². The van der Waals surface area contributed by atoms with Gasteiger partial charge in [0, 0.05) is 5.57 Å². The molecule has 0 aromatic heterocycles. The summed E-state index contributed by atoms with van der Waals surface area (Å²) in [6.45, 7) is 1.82. The highest BCUT2D eigenvalue weighted by atomic mass is 32.2. The van der Waals surface area contributed by atoms with E-state index in [1.807, 2.05) is 6.92 Å². The molecule has 2 rings (SSSR count). The third kappa shape index (κ3) is 4.90. The molecule has 0 heterocycles. The van der Waals surface area contributed by atoms with Gasteiger partial charge in [-0.3, -0.25) is 9.63 Å². The average molecular weight is 369 g/mol. The number of halogens is 1. The van der Waals surface area contributed by atoms with Crippen molar-refractivity contribution >= 4 is 16.0 Å². The number of hydrogen-bond donors (Lipinski definition) is 1. The average Bonchev–Trinajstić information content (AvgIpc) is 2.60. The van der Waals surface area contributed by atoms with Gasteiger partial charge in [0.1, 0.15) is 11.2 Å². The van der Waals surface area contributed by atoms with E-state index in [9.17, 15) is 17.6 Å². The summed E-state index contributed by atoms with van der Waals surface area (Å²) in [6.07, 6.45) is 2.69. The first-order valence-corrected chi connectivity index (χ1v) is 9.17. The van der Waals surface area contributed by atoms with E-state index in [1.54, 1.807) is 12.1 Å². The molecule has 1 aliphatic rings. The van der Waals surface area contributed by atoms with Gasteiger partial charge in [0.05, 0.1) is 7.11 Å². The maximum Gasteiger partial charge on any atom is 0.338 e. The van der Waals surface area contributed by atoms with Crippen molar-refractivity contribution in [2.75, 3.05) is 7.11 Å². The van der Waals surface area contributed by atoms with E-state index in [0.29, 0.717) is 25.5 Å². The minimum atomic E-state index is -4.12. The molecule has 1 aromatic carbocycles. The van der Waals surface area contributed by atoms with Crippen molar-refractivity contribution in [2.24, 2.45) is 0 Å². The van der Waals surface area contributed by atoms with Crippen LogP contribution in [0.3, 0.4) is 0 Å². The Kier molecular flexibility index (Phi) is 6.33. The van der Waals surface area contributed by atoms with Crippen LogP contribution in [0.2, 0.25) is 0 Å². The van der Waals surface area contributed by atoms with Crippen LogP contribution in [-0.4, -0.2) is 21.4 Å². The molecule has 0 fully saturated rings. The second-order valence-corrected chi connectivity index (χ2v) is 7.20. The summed E-state index contributed by atoms with van der Waals surface area (Å²) in [4.78, 5) is 16.4. The molecule has 1 aromatic rings. The quantitative estimate of drug-likeness (QED) is 0.473. The molecular weight excluding hydrogens is 349 g/mol. The fourth-order valence-corrected chi connectivity index (χ4v) is 3.30. The van der Waals surface area contributed by atoms with Gasteiger partial charge in [-0.25, -0.2) is 9.87 Å². The number of rotatable bonds is 6. The first-order valence-electron chi connectivity index (χ1n) is 7.76. The number of carbonyl (C=O) groups excluding carboxylic acids is 1.